The van der Waals surface area contributed by atoms with Crippen LogP contribution in [0, 0.1) is 0 Å². The molecule has 0 heterocycles. The van der Waals surface area contributed by atoms with E-state index in [-0.39, 0.29) is 12.3 Å². The second-order valence-electron chi connectivity index (χ2n) is 2.85. The van der Waals surface area contributed by atoms with E-state index in [9.17, 15) is 4.79 Å². The average molecular weight is 206 g/mol. The van der Waals surface area contributed by atoms with Crippen LogP contribution in [0.1, 0.15) is 31.7 Å². The lowest BCUT2D eigenvalue weighted by molar-refractivity contribution is -0.137. The molecule has 0 unspecified atom stereocenters. The fourth-order valence-electron chi connectivity index (χ4n) is 1.23. The highest BCUT2D eigenvalue weighted by molar-refractivity contribution is 5.68. The van der Waals surface area contributed by atoms with Gasteiger partial charge in [-0.25, -0.2) is 0 Å². The third-order valence-electron chi connectivity index (χ3n) is 1.91. The van der Waals surface area contributed by atoms with Crippen molar-refractivity contribution in [1.29, 1.82) is 0 Å². The number of rotatable bonds is 4. The summed E-state index contributed by atoms with van der Waals surface area (Å²) in [5.41, 5.74) is 1.000. The zero-order valence-corrected chi connectivity index (χ0v) is 9.31. The SMILES string of the molecule is C=C[C@@H](CC(=O)O)c1ccccc1.CC. The molecule has 0 aromatic heterocycles. The molecule has 1 aromatic rings. The Morgan fingerprint density at radius 3 is 2.33 bits per heavy atom. The minimum Gasteiger partial charge on any atom is -0.481 e. The lowest BCUT2D eigenvalue weighted by Gasteiger charge is -2.08. The predicted molar refractivity (Wildman–Crippen MR) is 63.0 cm³/mol. The molecule has 0 radical (unpaired) electrons. The number of hydrogen-bond acceptors (Lipinski definition) is 1. The van der Waals surface area contributed by atoms with Crippen LogP contribution in [0.5, 0.6) is 0 Å². The maximum absolute atomic E-state index is 10.5. The number of aliphatic carboxylic acids is 1. The van der Waals surface area contributed by atoms with Crippen LogP contribution < -0.4 is 0 Å². The Morgan fingerprint density at radius 1 is 1.40 bits per heavy atom. The molecule has 0 saturated heterocycles. The van der Waals surface area contributed by atoms with Crippen molar-refractivity contribution in [3.8, 4) is 0 Å². The smallest absolute Gasteiger partial charge is 0.304 e. The highest BCUT2D eigenvalue weighted by Crippen LogP contribution is 2.19. The number of hydrogen-bond donors (Lipinski definition) is 1. The standard InChI is InChI=1S/C11H12O2.C2H6/c1-2-9(8-11(12)13)10-6-4-3-5-7-10;1-2/h2-7,9H,1,8H2,(H,12,13);1-2H3/t9-;/m0./s1. The molecule has 1 N–H and O–H groups in total. The fourth-order valence-corrected chi connectivity index (χ4v) is 1.23. The Labute approximate surface area is 91.3 Å². The minimum atomic E-state index is -0.797. The zero-order valence-electron chi connectivity index (χ0n) is 9.31. The van der Waals surface area contributed by atoms with Gasteiger partial charge < -0.3 is 5.11 Å². The van der Waals surface area contributed by atoms with E-state index in [2.05, 4.69) is 6.58 Å². The first-order chi connectivity index (χ1) is 7.24. The van der Waals surface area contributed by atoms with Gasteiger partial charge in [-0.2, -0.15) is 0 Å². The second kappa shape index (κ2) is 7.80. The Balaban J connectivity index is 0.000000921. The summed E-state index contributed by atoms with van der Waals surface area (Å²) in [6.07, 6.45) is 1.77. The van der Waals surface area contributed by atoms with Crippen molar-refractivity contribution in [2.24, 2.45) is 0 Å². The number of carbonyl (C=O) groups is 1. The lowest BCUT2D eigenvalue weighted by Crippen LogP contribution is -2.03. The topological polar surface area (TPSA) is 37.3 Å². The molecule has 0 spiro atoms. The van der Waals surface area contributed by atoms with Crippen LogP contribution in [0.25, 0.3) is 0 Å². The Kier molecular flexibility index (Phi) is 6.98. The molecule has 0 aliphatic rings. The van der Waals surface area contributed by atoms with E-state index >= 15 is 0 Å². The second-order valence-corrected chi connectivity index (χ2v) is 2.85. The van der Waals surface area contributed by atoms with Gasteiger partial charge in [-0.3, -0.25) is 4.79 Å². The summed E-state index contributed by atoms with van der Waals surface area (Å²) >= 11 is 0. The third-order valence-corrected chi connectivity index (χ3v) is 1.91. The zero-order chi connectivity index (χ0) is 11.7. The normalized spacial score (nSPS) is 10.8. The first kappa shape index (κ1) is 13.4. The number of carboxylic acids is 1. The maximum Gasteiger partial charge on any atom is 0.304 e. The molecular formula is C13H18O2. The molecule has 0 fully saturated rings. The summed E-state index contributed by atoms with van der Waals surface area (Å²) in [4.78, 5) is 10.5. The van der Waals surface area contributed by atoms with E-state index in [1.165, 1.54) is 0 Å². The fraction of sp³-hybridized carbons (Fsp3) is 0.308. The van der Waals surface area contributed by atoms with Gasteiger partial charge in [0.1, 0.15) is 0 Å². The van der Waals surface area contributed by atoms with Crippen LogP contribution in [0.4, 0.5) is 0 Å². The number of benzene rings is 1. The highest BCUT2D eigenvalue weighted by atomic mass is 16.4. The molecule has 0 aliphatic heterocycles. The largest absolute Gasteiger partial charge is 0.481 e. The molecule has 1 rings (SSSR count). The Bertz CT molecular complexity index is 291. The number of carboxylic acid groups (broad SMARTS) is 1. The van der Waals surface area contributed by atoms with Gasteiger partial charge in [-0.1, -0.05) is 50.3 Å². The maximum atomic E-state index is 10.5. The van der Waals surface area contributed by atoms with E-state index in [4.69, 9.17) is 5.11 Å². The van der Waals surface area contributed by atoms with Crippen LogP contribution in [0.2, 0.25) is 0 Å². The predicted octanol–water partition coefficient (Wildman–Crippen LogP) is 3.46. The van der Waals surface area contributed by atoms with E-state index in [0.29, 0.717) is 0 Å². The molecule has 0 aliphatic carbocycles. The van der Waals surface area contributed by atoms with Crippen LogP contribution in [-0.4, -0.2) is 11.1 Å². The first-order valence-electron chi connectivity index (χ1n) is 5.13. The van der Waals surface area contributed by atoms with Crippen molar-refractivity contribution < 1.29 is 9.90 Å². The van der Waals surface area contributed by atoms with Gasteiger partial charge in [0, 0.05) is 5.92 Å². The van der Waals surface area contributed by atoms with Crippen molar-refractivity contribution in [2.75, 3.05) is 0 Å². The van der Waals surface area contributed by atoms with Gasteiger partial charge in [0.25, 0.3) is 0 Å². The summed E-state index contributed by atoms with van der Waals surface area (Å²) in [6.45, 7) is 7.63. The van der Waals surface area contributed by atoms with E-state index in [0.717, 1.165) is 5.56 Å². The van der Waals surface area contributed by atoms with Crippen molar-refractivity contribution in [3.05, 3.63) is 48.6 Å². The van der Waals surface area contributed by atoms with Crippen molar-refractivity contribution in [2.45, 2.75) is 26.2 Å². The molecule has 1 atom stereocenters. The van der Waals surface area contributed by atoms with Crippen molar-refractivity contribution in [1.82, 2.24) is 0 Å². The average Bonchev–Trinajstić information content (AvgIpc) is 2.29. The van der Waals surface area contributed by atoms with E-state index < -0.39 is 5.97 Å². The molecule has 2 nitrogen and oxygen atoms in total. The molecule has 0 amide bonds. The van der Waals surface area contributed by atoms with Gasteiger partial charge in [0.15, 0.2) is 0 Å². The van der Waals surface area contributed by atoms with E-state index in [1.807, 2.05) is 44.2 Å². The summed E-state index contributed by atoms with van der Waals surface area (Å²) in [6, 6.07) is 9.52. The highest BCUT2D eigenvalue weighted by Gasteiger charge is 2.10. The Morgan fingerprint density at radius 2 is 1.93 bits per heavy atom. The molecule has 2 heteroatoms. The van der Waals surface area contributed by atoms with Gasteiger partial charge in [0.2, 0.25) is 0 Å². The first-order valence-corrected chi connectivity index (χ1v) is 5.13. The molecule has 82 valence electrons. The van der Waals surface area contributed by atoms with Crippen LogP contribution >= 0.6 is 0 Å². The third kappa shape index (κ3) is 5.01. The van der Waals surface area contributed by atoms with Crippen LogP contribution in [0.15, 0.2) is 43.0 Å². The van der Waals surface area contributed by atoms with Crippen LogP contribution in [0.3, 0.4) is 0 Å². The van der Waals surface area contributed by atoms with Gasteiger partial charge in [-0.05, 0) is 5.56 Å². The molecule has 0 saturated carbocycles. The molecule has 1 aromatic carbocycles. The van der Waals surface area contributed by atoms with Gasteiger partial charge >= 0.3 is 5.97 Å². The summed E-state index contributed by atoms with van der Waals surface area (Å²) in [5, 5.41) is 8.63. The molecule has 0 bridgehead atoms. The van der Waals surface area contributed by atoms with Gasteiger partial charge in [-0.15, -0.1) is 6.58 Å². The Hall–Kier alpha value is -1.57. The minimum absolute atomic E-state index is 0.0845. The summed E-state index contributed by atoms with van der Waals surface area (Å²) < 4.78 is 0. The van der Waals surface area contributed by atoms with Crippen molar-refractivity contribution >= 4 is 5.97 Å². The number of allylic oxidation sites excluding steroid dienone is 1. The van der Waals surface area contributed by atoms with E-state index in [1.54, 1.807) is 6.08 Å². The quantitative estimate of drug-likeness (QED) is 0.766. The molecule has 15 heavy (non-hydrogen) atoms. The van der Waals surface area contributed by atoms with Crippen LogP contribution in [-0.2, 0) is 4.79 Å². The van der Waals surface area contributed by atoms with Crippen molar-refractivity contribution in [3.63, 3.8) is 0 Å². The summed E-state index contributed by atoms with van der Waals surface area (Å²) in [5.74, 6) is -0.882. The summed E-state index contributed by atoms with van der Waals surface area (Å²) in [7, 11) is 0. The molecular weight excluding hydrogens is 188 g/mol. The lowest BCUT2D eigenvalue weighted by atomic mass is 9.96. The monoisotopic (exact) mass is 206 g/mol. The van der Waals surface area contributed by atoms with Gasteiger partial charge in [0.05, 0.1) is 6.42 Å².